The topological polar surface area (TPSA) is 111 Å². The van der Waals surface area contributed by atoms with E-state index in [1.54, 1.807) is 27.9 Å². The van der Waals surface area contributed by atoms with Gasteiger partial charge in [-0.3, -0.25) is 4.79 Å². The molecule has 10 nitrogen and oxygen atoms in total. The molecule has 3 aliphatic rings. The van der Waals surface area contributed by atoms with Crippen LogP contribution in [0.2, 0.25) is 0 Å². The van der Waals surface area contributed by atoms with Crippen LogP contribution in [-0.2, 0) is 28.5 Å². The number of carbonyl (C=O) groups excluding carboxylic acids is 2. The van der Waals surface area contributed by atoms with Crippen molar-refractivity contribution < 1.29 is 27.8 Å². The quantitative estimate of drug-likeness (QED) is 0.254. The van der Waals surface area contributed by atoms with Crippen molar-refractivity contribution in [1.29, 1.82) is 0 Å². The smallest absolute Gasteiger partial charge is 0.410 e. The summed E-state index contributed by atoms with van der Waals surface area (Å²) >= 11 is 0. The van der Waals surface area contributed by atoms with E-state index in [4.69, 9.17) is 14.5 Å². The van der Waals surface area contributed by atoms with E-state index in [0.29, 0.717) is 49.3 Å². The van der Waals surface area contributed by atoms with Crippen LogP contribution < -0.4 is 5.32 Å². The predicted molar refractivity (Wildman–Crippen MR) is 166 cm³/mol. The second-order valence-corrected chi connectivity index (χ2v) is 14.0. The largest absolute Gasteiger partial charge is 0.444 e. The summed E-state index contributed by atoms with van der Waals surface area (Å²) in [6.07, 6.45) is 6.60. The van der Waals surface area contributed by atoms with Crippen LogP contribution in [0.5, 0.6) is 0 Å². The first-order valence-electron chi connectivity index (χ1n) is 16.1. The van der Waals surface area contributed by atoms with Crippen molar-refractivity contribution in [3.63, 3.8) is 0 Å². The Hall–Kier alpha value is -3.93. The number of alkyl halides is 2. The fourth-order valence-electron chi connectivity index (χ4n) is 6.46. The molecular formula is C34H42F2N6O4. The van der Waals surface area contributed by atoms with E-state index in [1.807, 2.05) is 52.1 Å². The molecule has 0 saturated heterocycles. The highest BCUT2D eigenvalue weighted by molar-refractivity contribution is 6.03. The van der Waals surface area contributed by atoms with Gasteiger partial charge in [0, 0.05) is 37.4 Å². The molecule has 6 rings (SSSR count). The second-order valence-electron chi connectivity index (χ2n) is 14.0. The zero-order chi connectivity index (χ0) is 32.6. The Labute approximate surface area is 267 Å². The van der Waals surface area contributed by atoms with Crippen molar-refractivity contribution in [2.45, 2.75) is 102 Å². The second kappa shape index (κ2) is 12.7. The van der Waals surface area contributed by atoms with Crippen LogP contribution in [0.3, 0.4) is 0 Å². The third-order valence-electron chi connectivity index (χ3n) is 9.12. The molecular weight excluding hydrogens is 594 g/mol. The summed E-state index contributed by atoms with van der Waals surface area (Å²) in [7, 11) is 1.82. The summed E-state index contributed by atoms with van der Waals surface area (Å²) in [4.78, 5) is 33.4. The third kappa shape index (κ3) is 7.22. The number of benzene rings is 1. The first-order valence-corrected chi connectivity index (χ1v) is 16.1. The molecule has 3 saturated carbocycles. The zero-order valence-corrected chi connectivity index (χ0v) is 26.8. The van der Waals surface area contributed by atoms with E-state index in [-0.39, 0.29) is 17.7 Å². The summed E-state index contributed by atoms with van der Waals surface area (Å²) in [5, 5.41) is 11.3. The fraction of sp³-hybridized carbons (Fsp3) is 0.559. The molecule has 0 bridgehead atoms. The molecule has 0 atom stereocenters. The minimum atomic E-state index is -2.86. The number of nitrogens with zero attached hydrogens (tertiary/aromatic N) is 5. The highest BCUT2D eigenvalue weighted by Crippen LogP contribution is 2.50. The number of aromatic nitrogens is 4. The van der Waals surface area contributed by atoms with Crippen LogP contribution in [-0.4, -0.2) is 61.5 Å². The van der Waals surface area contributed by atoms with Gasteiger partial charge in [0.15, 0.2) is 0 Å². The summed E-state index contributed by atoms with van der Waals surface area (Å²) in [5.74, 6) is 1.02. The number of halogens is 2. The summed E-state index contributed by atoms with van der Waals surface area (Å²) in [5.41, 5.74) is 2.02. The molecule has 0 spiro atoms. The number of anilines is 1. The van der Waals surface area contributed by atoms with Gasteiger partial charge >= 0.3 is 12.7 Å². The van der Waals surface area contributed by atoms with E-state index in [9.17, 15) is 18.4 Å². The maximum Gasteiger partial charge on any atom is 0.410 e. The Balaban J connectivity index is 1.23. The molecule has 46 heavy (non-hydrogen) atoms. The lowest BCUT2D eigenvalue weighted by molar-refractivity contribution is -0.192. The maximum atomic E-state index is 13.7. The first-order chi connectivity index (χ1) is 21.9. The Morgan fingerprint density at radius 3 is 2.50 bits per heavy atom. The van der Waals surface area contributed by atoms with Gasteiger partial charge in [-0.15, -0.1) is 10.2 Å². The minimum Gasteiger partial charge on any atom is -0.444 e. The number of rotatable bonds is 11. The van der Waals surface area contributed by atoms with E-state index in [0.717, 1.165) is 42.5 Å². The van der Waals surface area contributed by atoms with Crippen molar-refractivity contribution in [2.75, 3.05) is 11.9 Å². The highest BCUT2D eigenvalue weighted by Gasteiger charge is 2.51. The lowest BCUT2D eigenvalue weighted by Crippen LogP contribution is -2.49. The molecule has 2 aromatic heterocycles. The molecule has 2 heterocycles. The Morgan fingerprint density at radius 2 is 1.89 bits per heavy atom. The third-order valence-corrected chi connectivity index (χ3v) is 9.12. The number of ether oxygens (including phenoxy) is 2. The number of amides is 2. The van der Waals surface area contributed by atoms with Crippen molar-refractivity contribution in [3.05, 3.63) is 71.1 Å². The van der Waals surface area contributed by atoms with Crippen molar-refractivity contribution in [1.82, 2.24) is 24.6 Å². The van der Waals surface area contributed by atoms with E-state index in [1.165, 1.54) is 6.42 Å². The molecule has 1 N–H and O–H groups in total. The van der Waals surface area contributed by atoms with Gasteiger partial charge < -0.3 is 24.3 Å². The van der Waals surface area contributed by atoms with Crippen molar-refractivity contribution >= 4 is 17.7 Å². The summed E-state index contributed by atoms with van der Waals surface area (Å²) in [6, 6.07) is 11.1. The number of aryl methyl sites for hydroxylation is 1. The molecule has 3 aliphatic carbocycles. The van der Waals surface area contributed by atoms with Crippen LogP contribution in [0.4, 0.5) is 19.3 Å². The van der Waals surface area contributed by atoms with E-state index in [2.05, 4.69) is 15.5 Å². The van der Waals surface area contributed by atoms with E-state index < -0.39 is 23.7 Å². The SMILES string of the molecule is Cn1cnnc1C1(c2cccc(NC(=O)c3cc(CN(CC4CCC4)C(=O)OC(C)(C)C)cc(C4CC4)n3)c2)CC(OC(F)F)C1. The van der Waals surface area contributed by atoms with Gasteiger partial charge in [0.25, 0.3) is 5.91 Å². The Bertz CT molecular complexity index is 1570. The number of pyridine rings is 1. The summed E-state index contributed by atoms with van der Waals surface area (Å²) in [6.45, 7) is 3.66. The molecule has 0 unspecified atom stereocenters. The lowest BCUT2D eigenvalue weighted by Gasteiger charge is -2.46. The number of hydrogen-bond donors (Lipinski definition) is 1. The Kier molecular flexibility index (Phi) is 8.84. The maximum absolute atomic E-state index is 13.7. The number of nitrogens with one attached hydrogen (secondary N) is 1. The van der Waals surface area contributed by atoms with Gasteiger partial charge in [-0.1, -0.05) is 18.6 Å². The number of hydrogen-bond acceptors (Lipinski definition) is 7. The van der Waals surface area contributed by atoms with Crippen LogP contribution in [0.1, 0.15) is 105 Å². The van der Waals surface area contributed by atoms with Crippen molar-refractivity contribution in [2.24, 2.45) is 13.0 Å². The van der Waals surface area contributed by atoms with Crippen LogP contribution >= 0.6 is 0 Å². The van der Waals surface area contributed by atoms with Gasteiger partial charge in [-0.25, -0.2) is 9.78 Å². The predicted octanol–water partition coefficient (Wildman–Crippen LogP) is 6.56. The van der Waals surface area contributed by atoms with E-state index >= 15 is 0 Å². The van der Waals surface area contributed by atoms with Gasteiger partial charge in [0.2, 0.25) is 0 Å². The molecule has 0 aliphatic heterocycles. The summed E-state index contributed by atoms with van der Waals surface area (Å²) < 4.78 is 38.3. The normalized spacial score (nSPS) is 21.4. The molecule has 246 valence electrons. The highest BCUT2D eigenvalue weighted by atomic mass is 19.3. The monoisotopic (exact) mass is 636 g/mol. The molecule has 0 radical (unpaired) electrons. The Morgan fingerprint density at radius 1 is 1.13 bits per heavy atom. The van der Waals surface area contributed by atoms with Crippen LogP contribution in [0, 0.1) is 5.92 Å². The average molecular weight is 637 g/mol. The van der Waals surface area contributed by atoms with Gasteiger partial charge in [-0.2, -0.15) is 8.78 Å². The molecule has 2 amide bonds. The molecule has 3 aromatic rings. The fourth-order valence-corrected chi connectivity index (χ4v) is 6.46. The average Bonchev–Trinajstić information content (AvgIpc) is 3.71. The molecule has 12 heteroatoms. The van der Waals surface area contributed by atoms with Crippen molar-refractivity contribution in [3.8, 4) is 0 Å². The molecule has 3 fully saturated rings. The zero-order valence-electron chi connectivity index (χ0n) is 26.8. The van der Waals surface area contributed by atoms with Gasteiger partial charge in [0.1, 0.15) is 23.4 Å². The van der Waals surface area contributed by atoms with Gasteiger partial charge in [0.05, 0.1) is 11.5 Å². The first kappa shape index (κ1) is 32.0. The lowest BCUT2D eigenvalue weighted by atomic mass is 9.62. The number of carbonyl (C=O) groups is 2. The minimum absolute atomic E-state index is 0.273. The molecule has 1 aromatic carbocycles. The van der Waals surface area contributed by atoms with Crippen LogP contribution in [0.15, 0.2) is 42.7 Å². The standard InChI is InChI=1S/C34H42F2N6O4/c1-33(2,3)46-32(44)42(18-21-7-5-8-21)19-22-13-27(23-11-12-23)39-28(14-22)29(43)38-25-10-6-9-24(15-25)34(30-40-37-20-41(30)4)16-26(17-34)45-31(35)36/h6,9-10,13-15,20-21,23,26,31H,5,7-8,11-12,16-19H2,1-4H3,(H,38,43). The van der Waals surface area contributed by atoms with Crippen LogP contribution in [0.25, 0.3) is 0 Å². The van der Waals surface area contributed by atoms with Gasteiger partial charge in [-0.05, 0) is 101 Å².